The van der Waals surface area contributed by atoms with Crippen LogP contribution in [0.5, 0.6) is 0 Å². The van der Waals surface area contributed by atoms with E-state index in [1.54, 1.807) is 6.20 Å². The normalized spacial score (nSPS) is 33.6. The smallest absolute Gasteiger partial charge is 0.155 e. The van der Waals surface area contributed by atoms with Gasteiger partial charge in [0.1, 0.15) is 5.69 Å². The number of aromatic nitrogens is 1. The molecule has 14 heavy (non-hydrogen) atoms. The molecule has 74 valence electrons. The average Bonchev–Trinajstić information content (AvgIpc) is 2.61. The molecule has 1 fully saturated rings. The topological polar surface area (TPSA) is 42.3 Å². The average molecular weight is 229 g/mol. The van der Waals surface area contributed by atoms with E-state index < -0.39 is 9.73 Å². The standard InChI is InChI=1S/C9H9ClN2OS/c10-9-8-6(3-4-11-9)7-2-1-5-14(7,13)12-8/h3-4,7H,1-2,5H2. The van der Waals surface area contributed by atoms with Gasteiger partial charge in [-0.25, -0.2) is 9.19 Å². The summed E-state index contributed by atoms with van der Waals surface area (Å²) in [6.07, 6.45) is 3.64. The number of hydrogen-bond acceptors (Lipinski definition) is 3. The van der Waals surface area contributed by atoms with Gasteiger partial charge in [0.2, 0.25) is 0 Å². The van der Waals surface area contributed by atoms with Crippen molar-refractivity contribution in [3.63, 3.8) is 0 Å². The third kappa shape index (κ3) is 0.982. The molecule has 3 rings (SSSR count). The van der Waals surface area contributed by atoms with Crippen molar-refractivity contribution in [2.75, 3.05) is 5.75 Å². The van der Waals surface area contributed by atoms with Gasteiger partial charge in [0.05, 0.1) is 15.0 Å². The van der Waals surface area contributed by atoms with Crippen LogP contribution in [0.2, 0.25) is 5.15 Å². The second-order valence-electron chi connectivity index (χ2n) is 3.66. The van der Waals surface area contributed by atoms with Crippen molar-refractivity contribution < 1.29 is 4.21 Å². The Kier molecular flexibility index (Phi) is 1.67. The number of hydrogen-bond donors (Lipinski definition) is 0. The Morgan fingerprint density at radius 2 is 2.43 bits per heavy atom. The summed E-state index contributed by atoms with van der Waals surface area (Å²) in [4.78, 5) is 3.96. The van der Waals surface area contributed by atoms with Crippen molar-refractivity contribution in [2.45, 2.75) is 18.1 Å². The highest BCUT2D eigenvalue weighted by Gasteiger charge is 2.38. The van der Waals surface area contributed by atoms with Crippen LogP contribution >= 0.6 is 11.6 Å². The van der Waals surface area contributed by atoms with Gasteiger partial charge in [0.15, 0.2) is 5.15 Å². The Morgan fingerprint density at radius 3 is 3.29 bits per heavy atom. The number of rotatable bonds is 0. The molecule has 2 unspecified atom stereocenters. The lowest BCUT2D eigenvalue weighted by molar-refractivity contribution is 0.675. The van der Waals surface area contributed by atoms with E-state index in [0.29, 0.717) is 16.6 Å². The molecular formula is C9H9ClN2OS. The highest BCUT2D eigenvalue weighted by Crippen LogP contribution is 2.49. The highest BCUT2D eigenvalue weighted by atomic mass is 35.5. The van der Waals surface area contributed by atoms with E-state index in [0.717, 1.165) is 18.4 Å². The molecule has 1 saturated heterocycles. The minimum Gasteiger partial charge on any atom is -0.249 e. The Balaban J connectivity index is 2.32. The summed E-state index contributed by atoms with van der Waals surface area (Å²) in [5.74, 6) is 0.711. The summed E-state index contributed by atoms with van der Waals surface area (Å²) >= 11 is 5.91. The molecule has 3 heterocycles. The van der Waals surface area contributed by atoms with Gasteiger partial charge < -0.3 is 0 Å². The van der Waals surface area contributed by atoms with Gasteiger partial charge in [-0.05, 0) is 24.5 Å². The summed E-state index contributed by atoms with van der Waals surface area (Å²) in [7, 11) is -2.04. The van der Waals surface area contributed by atoms with Crippen LogP contribution < -0.4 is 0 Å². The fourth-order valence-corrected chi connectivity index (χ4v) is 5.18. The van der Waals surface area contributed by atoms with E-state index in [-0.39, 0.29) is 5.25 Å². The van der Waals surface area contributed by atoms with Gasteiger partial charge in [-0.1, -0.05) is 11.6 Å². The SMILES string of the molecule is O=S12=Nc3c(ccnc3Cl)C1CCC2. The summed E-state index contributed by atoms with van der Waals surface area (Å²) in [6, 6.07) is 1.90. The molecule has 0 amide bonds. The predicted octanol–water partition coefficient (Wildman–Crippen LogP) is 2.68. The van der Waals surface area contributed by atoms with Crippen LogP contribution in [0.3, 0.4) is 0 Å². The highest BCUT2D eigenvalue weighted by molar-refractivity contribution is 7.94. The lowest BCUT2D eigenvalue weighted by atomic mass is 10.1. The van der Waals surface area contributed by atoms with E-state index in [1.165, 1.54) is 0 Å². The zero-order valence-corrected chi connectivity index (χ0v) is 9.01. The monoisotopic (exact) mass is 228 g/mol. The maximum absolute atomic E-state index is 12.3. The zero-order chi connectivity index (χ0) is 9.76. The van der Waals surface area contributed by atoms with Crippen LogP contribution in [-0.4, -0.2) is 14.9 Å². The Hall–Kier alpha value is -0.610. The first kappa shape index (κ1) is 8.68. The molecule has 0 radical (unpaired) electrons. The van der Waals surface area contributed by atoms with Crippen LogP contribution in [-0.2, 0) is 9.73 Å². The first-order valence-electron chi connectivity index (χ1n) is 4.59. The van der Waals surface area contributed by atoms with Crippen molar-refractivity contribution in [1.82, 2.24) is 4.98 Å². The van der Waals surface area contributed by atoms with Crippen molar-refractivity contribution in [3.8, 4) is 0 Å². The van der Waals surface area contributed by atoms with E-state index in [4.69, 9.17) is 11.6 Å². The van der Waals surface area contributed by atoms with Gasteiger partial charge in [-0.15, -0.1) is 0 Å². The molecule has 0 saturated carbocycles. The second-order valence-corrected chi connectivity index (χ2v) is 6.55. The number of nitrogens with zero attached hydrogens (tertiary/aromatic N) is 2. The van der Waals surface area contributed by atoms with Crippen molar-refractivity contribution in [3.05, 3.63) is 23.0 Å². The molecule has 0 aliphatic carbocycles. The molecule has 0 spiro atoms. The molecule has 2 aliphatic rings. The van der Waals surface area contributed by atoms with Crippen LogP contribution in [0.4, 0.5) is 5.69 Å². The fraction of sp³-hybridized carbons (Fsp3) is 0.444. The molecule has 0 aromatic carbocycles. The number of halogens is 1. The third-order valence-electron chi connectivity index (χ3n) is 2.85. The summed E-state index contributed by atoms with van der Waals surface area (Å²) < 4.78 is 16.6. The second kappa shape index (κ2) is 2.70. The molecule has 2 atom stereocenters. The lowest BCUT2D eigenvalue weighted by Gasteiger charge is -2.05. The van der Waals surface area contributed by atoms with Gasteiger partial charge in [0, 0.05) is 11.9 Å². The summed E-state index contributed by atoms with van der Waals surface area (Å²) in [5.41, 5.74) is 1.70. The van der Waals surface area contributed by atoms with Crippen LogP contribution in [0.15, 0.2) is 16.6 Å². The first-order chi connectivity index (χ1) is 6.71. The van der Waals surface area contributed by atoms with E-state index in [1.807, 2.05) is 6.07 Å². The summed E-state index contributed by atoms with van der Waals surface area (Å²) in [6.45, 7) is 0. The summed E-state index contributed by atoms with van der Waals surface area (Å²) in [5, 5.41) is 0.498. The molecule has 3 nitrogen and oxygen atoms in total. The van der Waals surface area contributed by atoms with Gasteiger partial charge in [-0.2, -0.15) is 4.36 Å². The van der Waals surface area contributed by atoms with Crippen LogP contribution in [0.1, 0.15) is 23.7 Å². The molecule has 1 aromatic rings. The Bertz CT molecular complexity index is 520. The Labute approximate surface area is 87.7 Å². The molecule has 5 heteroatoms. The van der Waals surface area contributed by atoms with E-state index in [9.17, 15) is 4.21 Å². The number of pyridine rings is 1. The zero-order valence-electron chi connectivity index (χ0n) is 7.44. The molecule has 2 aliphatic heterocycles. The molecular weight excluding hydrogens is 220 g/mol. The van der Waals surface area contributed by atoms with E-state index >= 15 is 0 Å². The minimum atomic E-state index is -2.04. The van der Waals surface area contributed by atoms with Crippen molar-refractivity contribution in [2.24, 2.45) is 4.36 Å². The van der Waals surface area contributed by atoms with Crippen LogP contribution in [0.25, 0.3) is 0 Å². The molecule has 1 aromatic heterocycles. The number of fused-ring (bicyclic) bond motifs is 3. The molecule has 0 bridgehead atoms. The van der Waals surface area contributed by atoms with Gasteiger partial charge in [0.25, 0.3) is 0 Å². The minimum absolute atomic E-state index is 0.109. The van der Waals surface area contributed by atoms with Gasteiger partial charge >= 0.3 is 0 Å². The van der Waals surface area contributed by atoms with Gasteiger partial charge in [-0.3, -0.25) is 0 Å². The maximum Gasteiger partial charge on any atom is 0.155 e. The quantitative estimate of drug-likeness (QED) is 0.641. The predicted molar refractivity (Wildman–Crippen MR) is 56.3 cm³/mol. The van der Waals surface area contributed by atoms with Crippen LogP contribution in [0, 0.1) is 0 Å². The first-order valence-corrected chi connectivity index (χ1v) is 6.71. The lowest BCUT2D eigenvalue weighted by Crippen LogP contribution is -2.01. The Morgan fingerprint density at radius 1 is 1.57 bits per heavy atom. The van der Waals surface area contributed by atoms with E-state index in [2.05, 4.69) is 9.35 Å². The molecule has 0 N–H and O–H groups in total. The maximum atomic E-state index is 12.3. The fourth-order valence-electron chi connectivity index (χ4n) is 2.21. The third-order valence-corrected chi connectivity index (χ3v) is 5.87. The van der Waals surface area contributed by atoms with Crippen molar-refractivity contribution in [1.29, 1.82) is 0 Å². The van der Waals surface area contributed by atoms with Crippen molar-refractivity contribution >= 4 is 27.0 Å². The largest absolute Gasteiger partial charge is 0.249 e.